The van der Waals surface area contributed by atoms with Gasteiger partial charge in [0.25, 0.3) is 0 Å². The second-order valence-electron chi connectivity index (χ2n) is 8.53. The Morgan fingerprint density at radius 2 is 1.88 bits per heavy atom. The van der Waals surface area contributed by atoms with E-state index < -0.39 is 0 Å². The van der Waals surface area contributed by atoms with Crippen molar-refractivity contribution < 1.29 is 9.53 Å². The number of anilines is 1. The number of ether oxygens (including phenoxy) is 1. The van der Waals surface area contributed by atoms with Gasteiger partial charge in [-0.25, -0.2) is 4.98 Å². The summed E-state index contributed by atoms with van der Waals surface area (Å²) in [6.07, 6.45) is 4.37. The van der Waals surface area contributed by atoms with Crippen LogP contribution in [0.5, 0.6) is 0 Å². The normalized spacial score (nSPS) is 14.2. The summed E-state index contributed by atoms with van der Waals surface area (Å²) in [5, 5.41) is 2.32. The smallest absolute Gasteiger partial charge is 0.302 e. The van der Waals surface area contributed by atoms with Gasteiger partial charge in [0.2, 0.25) is 0 Å². The molecule has 0 saturated heterocycles. The molecular weight excluding hydrogens is 475 g/mol. The van der Waals surface area contributed by atoms with Crippen molar-refractivity contribution in [2.45, 2.75) is 65.1 Å². The van der Waals surface area contributed by atoms with Gasteiger partial charge in [0, 0.05) is 34.5 Å². The Balaban J connectivity index is 1.56. The number of esters is 1. The molecule has 4 nitrogen and oxygen atoms in total. The average molecular weight is 503 g/mol. The Morgan fingerprint density at radius 3 is 2.48 bits per heavy atom. The summed E-state index contributed by atoms with van der Waals surface area (Å²) in [5.41, 5.74) is 4.13. The summed E-state index contributed by atoms with van der Waals surface area (Å²) in [6.45, 7) is 6.09. The number of aryl methyl sites for hydroxylation is 1. The summed E-state index contributed by atoms with van der Waals surface area (Å²) in [4.78, 5) is 19.8. The SMILES string of the molecule is CCC(Cc1ccc(COC(C)=O)cc1)N(c1nc(-c2ccc(Cl)cc2Cl)c(C)s1)C1CC1. The molecule has 174 valence electrons. The number of nitrogens with zero attached hydrogens (tertiary/aromatic N) is 2. The molecule has 0 aliphatic heterocycles. The number of hydrogen-bond donors (Lipinski definition) is 0. The average Bonchev–Trinajstić information content (AvgIpc) is 3.54. The van der Waals surface area contributed by atoms with E-state index >= 15 is 0 Å². The lowest BCUT2D eigenvalue weighted by Crippen LogP contribution is -2.38. The van der Waals surface area contributed by atoms with Crippen LogP contribution in [0.3, 0.4) is 0 Å². The lowest BCUT2D eigenvalue weighted by Gasteiger charge is -2.31. The Labute approximate surface area is 209 Å². The van der Waals surface area contributed by atoms with Gasteiger partial charge in [0.1, 0.15) is 6.61 Å². The quantitative estimate of drug-likeness (QED) is 0.284. The lowest BCUT2D eigenvalue weighted by atomic mass is 10.0. The van der Waals surface area contributed by atoms with Crippen LogP contribution >= 0.6 is 34.5 Å². The van der Waals surface area contributed by atoms with E-state index in [0.29, 0.717) is 28.7 Å². The number of aromatic nitrogens is 1. The van der Waals surface area contributed by atoms with Crippen LogP contribution in [0.1, 0.15) is 49.1 Å². The number of benzene rings is 2. The molecule has 1 unspecified atom stereocenters. The van der Waals surface area contributed by atoms with Crippen molar-refractivity contribution in [3.05, 3.63) is 68.5 Å². The van der Waals surface area contributed by atoms with Crippen molar-refractivity contribution in [3.8, 4) is 11.3 Å². The standard InChI is InChI=1S/C26H28Cl2N2O2S/c1-4-21(13-18-5-7-19(8-6-18)15-32-17(3)31)30(22-10-11-22)26-29-25(16(2)33-26)23-12-9-20(27)14-24(23)28/h5-9,12,14,21-22H,4,10-11,13,15H2,1-3H3. The fourth-order valence-electron chi connectivity index (χ4n) is 4.06. The highest BCUT2D eigenvalue weighted by Gasteiger charge is 2.35. The van der Waals surface area contributed by atoms with E-state index in [1.807, 2.05) is 24.3 Å². The molecule has 2 aromatic carbocycles. The first-order chi connectivity index (χ1) is 15.9. The molecule has 0 spiro atoms. The Kier molecular flexibility index (Phi) is 7.62. The van der Waals surface area contributed by atoms with Gasteiger partial charge in [-0.2, -0.15) is 0 Å². The van der Waals surface area contributed by atoms with E-state index in [1.165, 1.54) is 25.3 Å². The zero-order valence-corrected chi connectivity index (χ0v) is 21.4. The zero-order valence-electron chi connectivity index (χ0n) is 19.1. The van der Waals surface area contributed by atoms with E-state index in [9.17, 15) is 4.79 Å². The highest BCUT2D eigenvalue weighted by Crippen LogP contribution is 2.42. The summed E-state index contributed by atoms with van der Waals surface area (Å²) in [7, 11) is 0. The van der Waals surface area contributed by atoms with Crippen LogP contribution in [0.2, 0.25) is 10.0 Å². The molecule has 1 saturated carbocycles. The zero-order chi connectivity index (χ0) is 23.5. The van der Waals surface area contributed by atoms with Crippen LogP contribution < -0.4 is 4.90 Å². The highest BCUT2D eigenvalue weighted by atomic mass is 35.5. The van der Waals surface area contributed by atoms with Crippen LogP contribution in [0.4, 0.5) is 5.13 Å². The van der Waals surface area contributed by atoms with Crippen molar-refractivity contribution in [1.29, 1.82) is 0 Å². The third kappa shape index (κ3) is 5.89. The molecule has 33 heavy (non-hydrogen) atoms. The van der Waals surface area contributed by atoms with Crippen LogP contribution in [-0.2, 0) is 22.6 Å². The van der Waals surface area contributed by atoms with Gasteiger partial charge in [0.15, 0.2) is 5.13 Å². The van der Waals surface area contributed by atoms with E-state index in [0.717, 1.165) is 39.7 Å². The summed E-state index contributed by atoms with van der Waals surface area (Å²) in [6, 6.07) is 14.8. The van der Waals surface area contributed by atoms with E-state index in [1.54, 1.807) is 17.4 Å². The number of halogens is 2. The minimum Gasteiger partial charge on any atom is -0.461 e. The van der Waals surface area contributed by atoms with Crippen LogP contribution in [0.25, 0.3) is 11.3 Å². The maximum Gasteiger partial charge on any atom is 0.302 e. The molecule has 4 rings (SSSR count). The molecule has 3 aromatic rings. The largest absolute Gasteiger partial charge is 0.461 e. The molecule has 1 heterocycles. The van der Waals surface area contributed by atoms with Gasteiger partial charge in [-0.05, 0) is 61.9 Å². The predicted molar refractivity (Wildman–Crippen MR) is 138 cm³/mol. The molecule has 0 bridgehead atoms. The third-order valence-electron chi connectivity index (χ3n) is 5.93. The molecule has 1 aliphatic rings. The number of carbonyl (C=O) groups is 1. The van der Waals surface area contributed by atoms with Crippen LogP contribution in [0, 0.1) is 6.92 Å². The Morgan fingerprint density at radius 1 is 1.18 bits per heavy atom. The van der Waals surface area contributed by atoms with Crippen molar-refractivity contribution >= 4 is 45.6 Å². The van der Waals surface area contributed by atoms with Crippen molar-refractivity contribution in [3.63, 3.8) is 0 Å². The second-order valence-corrected chi connectivity index (χ2v) is 10.6. The maximum absolute atomic E-state index is 11.1. The van der Waals surface area contributed by atoms with Crippen molar-refractivity contribution in [1.82, 2.24) is 4.98 Å². The van der Waals surface area contributed by atoms with Gasteiger partial charge in [-0.3, -0.25) is 4.79 Å². The van der Waals surface area contributed by atoms with Crippen molar-refractivity contribution in [2.75, 3.05) is 4.90 Å². The fourth-order valence-corrected chi connectivity index (χ4v) is 5.62. The first-order valence-electron chi connectivity index (χ1n) is 11.3. The summed E-state index contributed by atoms with van der Waals surface area (Å²) < 4.78 is 5.10. The molecule has 0 amide bonds. The molecule has 0 N–H and O–H groups in total. The van der Waals surface area contributed by atoms with Gasteiger partial charge >= 0.3 is 5.97 Å². The van der Waals surface area contributed by atoms with Crippen LogP contribution in [-0.4, -0.2) is 23.0 Å². The van der Waals surface area contributed by atoms with E-state index in [-0.39, 0.29) is 5.97 Å². The van der Waals surface area contributed by atoms with E-state index in [4.69, 9.17) is 32.9 Å². The van der Waals surface area contributed by atoms with Gasteiger partial charge in [0.05, 0.1) is 10.7 Å². The first kappa shape index (κ1) is 24.1. The molecular formula is C26H28Cl2N2O2S. The second kappa shape index (κ2) is 10.5. The van der Waals surface area contributed by atoms with Gasteiger partial charge in [-0.1, -0.05) is 54.4 Å². The predicted octanol–water partition coefficient (Wildman–Crippen LogP) is 7.48. The topological polar surface area (TPSA) is 42.4 Å². The minimum atomic E-state index is -0.261. The van der Waals surface area contributed by atoms with Gasteiger partial charge < -0.3 is 9.64 Å². The molecule has 7 heteroatoms. The lowest BCUT2D eigenvalue weighted by molar-refractivity contribution is -0.142. The molecule has 1 aromatic heterocycles. The van der Waals surface area contributed by atoms with Gasteiger partial charge in [-0.15, -0.1) is 11.3 Å². The van der Waals surface area contributed by atoms with Crippen molar-refractivity contribution in [2.24, 2.45) is 0 Å². The first-order valence-corrected chi connectivity index (χ1v) is 12.8. The minimum absolute atomic E-state index is 0.261. The Bertz CT molecular complexity index is 1130. The maximum atomic E-state index is 11.1. The fraction of sp³-hybridized carbons (Fsp3) is 0.385. The highest BCUT2D eigenvalue weighted by molar-refractivity contribution is 7.16. The Hall–Kier alpha value is -2.08. The summed E-state index contributed by atoms with van der Waals surface area (Å²) >= 11 is 14.3. The molecule has 1 atom stereocenters. The molecule has 1 aliphatic carbocycles. The van der Waals surface area contributed by atoms with E-state index in [2.05, 4.69) is 30.9 Å². The van der Waals surface area contributed by atoms with Crippen LogP contribution in [0.15, 0.2) is 42.5 Å². The molecule has 0 radical (unpaired) electrons. The number of hydrogen-bond acceptors (Lipinski definition) is 5. The number of thiazole rings is 1. The monoisotopic (exact) mass is 502 g/mol. The summed E-state index contributed by atoms with van der Waals surface area (Å²) in [5.74, 6) is -0.261. The third-order valence-corrected chi connectivity index (χ3v) is 7.47. The number of rotatable bonds is 9. The number of carbonyl (C=O) groups excluding carboxylic acids is 1. The molecule has 1 fully saturated rings.